The molecule has 0 aromatic heterocycles. The van der Waals surface area contributed by atoms with Gasteiger partial charge in [-0.15, -0.1) is 0 Å². The summed E-state index contributed by atoms with van der Waals surface area (Å²) in [7, 11) is -4.67. The Balaban J connectivity index is 0. The molecule has 0 saturated heterocycles. The fourth-order valence-electron chi connectivity index (χ4n) is 2.52. The molecule has 0 amide bonds. The monoisotopic (exact) mass is 402 g/mol. The summed E-state index contributed by atoms with van der Waals surface area (Å²) in [5.41, 5.74) is 0. The van der Waals surface area contributed by atoms with Gasteiger partial charge in [-0.25, -0.2) is 0 Å². The number of carbonyl (C=O) groups excluding carboxylic acids is 1. The van der Waals surface area contributed by atoms with Gasteiger partial charge in [0.2, 0.25) is 0 Å². The van der Waals surface area contributed by atoms with Crippen LogP contribution in [0.1, 0.15) is 90.4 Å². The van der Waals surface area contributed by atoms with Gasteiger partial charge in [0.25, 0.3) is 0 Å². The number of rotatable bonds is 16. The Bertz CT molecular complexity index is 464. The molecule has 150 valence electrons. The van der Waals surface area contributed by atoms with Gasteiger partial charge in [0.1, 0.15) is 0 Å². The zero-order valence-corrected chi connectivity index (χ0v) is 16.2. The van der Waals surface area contributed by atoms with Gasteiger partial charge in [-0.2, -0.15) is 8.42 Å². The summed E-state index contributed by atoms with van der Waals surface area (Å²) in [5, 5.41) is 9.82. The molecular formula is C18H35NaO6S. The number of aliphatic hydroxyl groups is 1. The van der Waals surface area contributed by atoms with E-state index in [0.717, 1.165) is 51.4 Å². The van der Waals surface area contributed by atoms with Gasteiger partial charge in [-0.05, 0) is 32.1 Å². The van der Waals surface area contributed by atoms with Gasteiger partial charge < -0.3 is 9.29 Å². The van der Waals surface area contributed by atoms with Crippen LogP contribution in [-0.2, 0) is 19.4 Å². The van der Waals surface area contributed by atoms with E-state index in [0.29, 0.717) is 6.42 Å². The Morgan fingerprint density at radius 3 is 2.27 bits per heavy atom. The van der Waals surface area contributed by atoms with E-state index in [2.05, 4.69) is 23.3 Å². The minimum absolute atomic E-state index is 0. The van der Waals surface area contributed by atoms with Crippen LogP contribution in [0.2, 0.25) is 0 Å². The average molecular weight is 403 g/mol. The molecule has 0 radical (unpaired) electrons. The van der Waals surface area contributed by atoms with Crippen molar-refractivity contribution in [3.05, 3.63) is 12.2 Å². The normalized spacial score (nSPS) is 12.7. The Morgan fingerprint density at radius 2 is 1.62 bits per heavy atom. The standard InChI is InChI=1S/C18H34O6S.Na.H/c1-2-3-4-11-14-17(19)15-12-9-7-5-6-8-10-13-16-18(20)24-25(21,22)23;;/h9,12,17,19H,2-8,10-11,13-16H2,1H3,(H,21,22,23);;/b12-9-;;/t17-;;/m1../s1. The van der Waals surface area contributed by atoms with E-state index in [1.807, 2.05) is 0 Å². The first-order valence-electron chi connectivity index (χ1n) is 9.38. The van der Waals surface area contributed by atoms with Gasteiger partial charge in [0.05, 0.1) is 6.10 Å². The van der Waals surface area contributed by atoms with E-state index in [9.17, 15) is 18.3 Å². The van der Waals surface area contributed by atoms with Crippen molar-refractivity contribution in [3.63, 3.8) is 0 Å². The van der Waals surface area contributed by atoms with Gasteiger partial charge in [-0.3, -0.25) is 9.35 Å². The molecule has 0 aromatic rings. The predicted molar refractivity (Wildman–Crippen MR) is 106 cm³/mol. The first kappa shape index (κ1) is 28.3. The molecule has 2 N–H and O–H groups in total. The van der Waals surface area contributed by atoms with Crippen LogP contribution in [-0.4, -0.2) is 59.7 Å². The summed E-state index contributed by atoms with van der Waals surface area (Å²) in [4.78, 5) is 11.0. The number of allylic oxidation sites excluding steroid dienone is 1. The Hall–Kier alpha value is 0.0800. The van der Waals surface area contributed by atoms with Crippen molar-refractivity contribution in [2.24, 2.45) is 0 Å². The van der Waals surface area contributed by atoms with Gasteiger partial charge in [0, 0.05) is 6.42 Å². The van der Waals surface area contributed by atoms with E-state index >= 15 is 0 Å². The molecule has 0 fully saturated rings. The summed E-state index contributed by atoms with van der Waals surface area (Å²) in [6.45, 7) is 2.18. The van der Waals surface area contributed by atoms with Gasteiger partial charge >= 0.3 is 45.9 Å². The summed E-state index contributed by atoms with van der Waals surface area (Å²) >= 11 is 0. The average Bonchev–Trinajstić information content (AvgIpc) is 2.51. The van der Waals surface area contributed by atoms with Crippen molar-refractivity contribution in [1.82, 2.24) is 0 Å². The van der Waals surface area contributed by atoms with E-state index < -0.39 is 16.4 Å². The van der Waals surface area contributed by atoms with Crippen molar-refractivity contribution in [3.8, 4) is 0 Å². The topological polar surface area (TPSA) is 101 Å². The van der Waals surface area contributed by atoms with E-state index in [-0.39, 0.29) is 42.1 Å². The SMILES string of the molecule is CCCCCC[C@@H](O)C/C=C\CCCCCCCC(=O)OS(=O)(=O)O.[NaH]. The van der Waals surface area contributed by atoms with Gasteiger partial charge in [0.15, 0.2) is 0 Å². The molecule has 1 atom stereocenters. The maximum atomic E-state index is 11.0. The summed E-state index contributed by atoms with van der Waals surface area (Å²) in [6, 6.07) is 0. The molecule has 0 unspecified atom stereocenters. The second-order valence-corrected chi connectivity index (χ2v) is 7.42. The molecule has 0 spiro atoms. The maximum absolute atomic E-state index is 11.0. The van der Waals surface area contributed by atoms with Crippen LogP contribution < -0.4 is 0 Å². The van der Waals surface area contributed by atoms with Crippen LogP contribution >= 0.6 is 0 Å². The first-order chi connectivity index (χ1) is 11.8. The summed E-state index contributed by atoms with van der Waals surface area (Å²) in [5.74, 6) is -0.918. The van der Waals surface area contributed by atoms with Crippen LogP contribution in [0.4, 0.5) is 0 Å². The fraction of sp³-hybridized carbons (Fsp3) is 0.833. The first-order valence-corrected chi connectivity index (χ1v) is 10.7. The summed E-state index contributed by atoms with van der Waals surface area (Å²) in [6.07, 6.45) is 15.7. The molecule has 26 heavy (non-hydrogen) atoms. The van der Waals surface area contributed by atoms with E-state index in [4.69, 9.17) is 4.55 Å². The molecule has 0 saturated carbocycles. The second-order valence-electron chi connectivity index (χ2n) is 6.40. The number of unbranched alkanes of at least 4 members (excludes halogenated alkanes) is 8. The van der Waals surface area contributed by atoms with Crippen molar-refractivity contribution in [1.29, 1.82) is 0 Å². The third-order valence-corrected chi connectivity index (χ3v) is 4.31. The Morgan fingerprint density at radius 1 is 1.00 bits per heavy atom. The van der Waals surface area contributed by atoms with E-state index in [1.54, 1.807) is 0 Å². The number of hydrogen-bond donors (Lipinski definition) is 2. The fourth-order valence-corrected chi connectivity index (χ4v) is 2.83. The van der Waals surface area contributed by atoms with Gasteiger partial charge in [-0.1, -0.05) is 64.0 Å². The molecule has 0 aromatic carbocycles. The molecule has 0 aliphatic rings. The predicted octanol–water partition coefficient (Wildman–Crippen LogP) is 3.69. The zero-order valence-electron chi connectivity index (χ0n) is 15.4. The molecule has 0 heterocycles. The van der Waals surface area contributed by atoms with Crippen LogP contribution in [0.3, 0.4) is 0 Å². The molecule has 0 rings (SSSR count). The van der Waals surface area contributed by atoms with E-state index in [1.165, 1.54) is 19.3 Å². The van der Waals surface area contributed by atoms with Crippen molar-refractivity contribution in [2.75, 3.05) is 0 Å². The minimum atomic E-state index is -4.67. The van der Waals surface area contributed by atoms with Crippen molar-refractivity contribution in [2.45, 2.75) is 96.5 Å². The molecule has 0 bridgehead atoms. The van der Waals surface area contributed by atoms with Crippen LogP contribution in [0.5, 0.6) is 0 Å². The Labute approximate surface area is 181 Å². The third kappa shape index (κ3) is 22.1. The molecule has 0 aliphatic heterocycles. The number of aliphatic hydroxyl groups excluding tert-OH is 1. The molecule has 0 aliphatic carbocycles. The van der Waals surface area contributed by atoms with Crippen LogP contribution in [0, 0.1) is 0 Å². The number of carbonyl (C=O) groups is 1. The Kier molecular flexibility index (Phi) is 20.1. The van der Waals surface area contributed by atoms with Crippen LogP contribution in [0.25, 0.3) is 0 Å². The van der Waals surface area contributed by atoms with Crippen molar-refractivity contribution >= 4 is 45.9 Å². The van der Waals surface area contributed by atoms with Crippen LogP contribution in [0.15, 0.2) is 12.2 Å². The molecular weight excluding hydrogens is 367 g/mol. The quantitative estimate of drug-likeness (QED) is 0.177. The molecule has 8 heteroatoms. The van der Waals surface area contributed by atoms with Crippen molar-refractivity contribution < 1.29 is 27.1 Å². The summed E-state index contributed by atoms with van der Waals surface area (Å²) < 4.78 is 32.8. The zero-order chi connectivity index (χ0) is 19.0. The third-order valence-electron chi connectivity index (χ3n) is 3.92. The number of hydrogen-bond acceptors (Lipinski definition) is 5. The molecule has 6 nitrogen and oxygen atoms in total. The second kappa shape index (κ2) is 18.4.